The van der Waals surface area contributed by atoms with E-state index in [9.17, 15) is 0 Å². The quantitative estimate of drug-likeness (QED) is 0.897. The predicted octanol–water partition coefficient (Wildman–Crippen LogP) is 0.634. The van der Waals surface area contributed by atoms with Crippen LogP contribution >= 0.6 is 0 Å². The maximum atomic E-state index is 4.57. The van der Waals surface area contributed by atoms with Crippen molar-refractivity contribution >= 4 is 11.5 Å². The molecule has 1 atom stereocenters. The van der Waals surface area contributed by atoms with E-state index in [4.69, 9.17) is 0 Å². The second-order valence-electron chi connectivity index (χ2n) is 6.81. The summed E-state index contributed by atoms with van der Waals surface area (Å²) in [4.78, 5) is 9.57. The molecule has 124 valence electrons. The standard InChI is InChI=1S/C16H25N7/c1-13-10-21(11-14-2-4-17-5-3-14)8-9-23(13)15-16-20-19-12-22(16)7-6-18-15/h6-7,12-14,17H,2-5,8-11H2,1H3. The van der Waals surface area contributed by atoms with E-state index in [1.165, 1.54) is 32.5 Å². The van der Waals surface area contributed by atoms with Gasteiger partial charge in [-0.2, -0.15) is 0 Å². The number of hydrogen-bond acceptors (Lipinski definition) is 6. The topological polar surface area (TPSA) is 61.6 Å². The molecule has 4 rings (SSSR count). The number of nitrogens with one attached hydrogen (secondary N) is 1. The number of hydrogen-bond donors (Lipinski definition) is 1. The molecule has 2 saturated heterocycles. The van der Waals surface area contributed by atoms with Gasteiger partial charge in [-0.05, 0) is 38.8 Å². The van der Waals surface area contributed by atoms with Gasteiger partial charge in [0.15, 0.2) is 5.82 Å². The zero-order valence-electron chi connectivity index (χ0n) is 13.7. The highest BCUT2D eigenvalue weighted by molar-refractivity contribution is 5.63. The molecule has 7 heteroatoms. The summed E-state index contributed by atoms with van der Waals surface area (Å²) in [6.07, 6.45) is 8.10. The van der Waals surface area contributed by atoms with Crippen LogP contribution in [0.5, 0.6) is 0 Å². The molecule has 4 heterocycles. The fourth-order valence-corrected chi connectivity index (χ4v) is 3.89. The maximum Gasteiger partial charge on any atom is 0.203 e. The zero-order chi connectivity index (χ0) is 15.6. The first kappa shape index (κ1) is 14.8. The smallest absolute Gasteiger partial charge is 0.203 e. The summed E-state index contributed by atoms with van der Waals surface area (Å²) in [6.45, 7) is 9.09. The van der Waals surface area contributed by atoms with E-state index in [0.29, 0.717) is 6.04 Å². The van der Waals surface area contributed by atoms with Gasteiger partial charge < -0.3 is 10.2 Å². The lowest BCUT2D eigenvalue weighted by Crippen LogP contribution is -2.53. The molecule has 2 aliphatic heterocycles. The SMILES string of the molecule is CC1CN(CC2CCNCC2)CCN1c1nccn2cnnc12. The van der Waals surface area contributed by atoms with Crippen LogP contribution in [0.2, 0.25) is 0 Å². The molecule has 0 aliphatic carbocycles. The van der Waals surface area contributed by atoms with Gasteiger partial charge in [0, 0.05) is 44.6 Å². The largest absolute Gasteiger partial charge is 0.348 e. The minimum Gasteiger partial charge on any atom is -0.348 e. The van der Waals surface area contributed by atoms with Gasteiger partial charge in [0.2, 0.25) is 5.65 Å². The van der Waals surface area contributed by atoms with E-state index in [2.05, 4.69) is 37.2 Å². The fraction of sp³-hybridized carbons (Fsp3) is 0.688. The summed E-state index contributed by atoms with van der Waals surface area (Å²) in [5, 5.41) is 11.7. The average Bonchev–Trinajstić information content (AvgIpc) is 3.05. The van der Waals surface area contributed by atoms with Gasteiger partial charge in [0.05, 0.1) is 0 Å². The molecule has 2 aromatic heterocycles. The molecule has 1 N–H and O–H groups in total. The van der Waals surface area contributed by atoms with Crippen molar-refractivity contribution in [2.45, 2.75) is 25.8 Å². The Hall–Kier alpha value is -1.73. The molecular formula is C16H25N7. The van der Waals surface area contributed by atoms with Crippen LogP contribution in [0.3, 0.4) is 0 Å². The minimum atomic E-state index is 0.445. The predicted molar refractivity (Wildman–Crippen MR) is 89.6 cm³/mol. The van der Waals surface area contributed by atoms with Crippen molar-refractivity contribution in [1.82, 2.24) is 29.8 Å². The lowest BCUT2D eigenvalue weighted by atomic mass is 9.97. The van der Waals surface area contributed by atoms with E-state index in [1.807, 2.05) is 16.8 Å². The summed E-state index contributed by atoms with van der Waals surface area (Å²) in [5.41, 5.74) is 0.853. The maximum absolute atomic E-state index is 4.57. The van der Waals surface area contributed by atoms with Gasteiger partial charge in [0.25, 0.3) is 0 Å². The Morgan fingerprint density at radius 3 is 2.96 bits per heavy atom. The Morgan fingerprint density at radius 2 is 2.13 bits per heavy atom. The van der Waals surface area contributed by atoms with Crippen LogP contribution in [0.25, 0.3) is 5.65 Å². The van der Waals surface area contributed by atoms with Gasteiger partial charge in [-0.15, -0.1) is 10.2 Å². The highest BCUT2D eigenvalue weighted by atomic mass is 15.3. The van der Waals surface area contributed by atoms with Crippen LogP contribution in [0.4, 0.5) is 5.82 Å². The van der Waals surface area contributed by atoms with Crippen LogP contribution in [0, 0.1) is 5.92 Å². The number of fused-ring (bicyclic) bond motifs is 1. The van der Waals surface area contributed by atoms with Crippen molar-refractivity contribution in [3.05, 3.63) is 18.7 Å². The van der Waals surface area contributed by atoms with Crippen molar-refractivity contribution < 1.29 is 0 Å². The third-order valence-corrected chi connectivity index (χ3v) is 5.16. The molecular weight excluding hydrogens is 290 g/mol. The summed E-state index contributed by atoms with van der Waals surface area (Å²) in [5.74, 6) is 1.81. The van der Waals surface area contributed by atoms with E-state index in [1.54, 1.807) is 6.33 Å². The van der Waals surface area contributed by atoms with Crippen LogP contribution in [0.1, 0.15) is 19.8 Å². The first-order chi connectivity index (χ1) is 11.3. The third-order valence-electron chi connectivity index (χ3n) is 5.16. The Labute approximate surface area is 136 Å². The Bertz CT molecular complexity index is 649. The molecule has 7 nitrogen and oxygen atoms in total. The zero-order valence-corrected chi connectivity index (χ0v) is 13.7. The van der Waals surface area contributed by atoms with Crippen LogP contribution in [-0.4, -0.2) is 69.8 Å². The molecule has 2 aliphatic rings. The second kappa shape index (κ2) is 6.41. The molecule has 2 fully saturated rings. The Kier molecular flexibility index (Phi) is 4.13. The highest BCUT2D eigenvalue weighted by Gasteiger charge is 2.28. The van der Waals surface area contributed by atoms with Crippen LogP contribution in [-0.2, 0) is 0 Å². The van der Waals surface area contributed by atoms with Crippen molar-refractivity contribution in [1.29, 1.82) is 0 Å². The van der Waals surface area contributed by atoms with E-state index in [0.717, 1.165) is 37.0 Å². The van der Waals surface area contributed by atoms with E-state index in [-0.39, 0.29) is 0 Å². The molecule has 0 bridgehead atoms. The molecule has 23 heavy (non-hydrogen) atoms. The number of aromatic nitrogens is 4. The van der Waals surface area contributed by atoms with E-state index >= 15 is 0 Å². The molecule has 2 aromatic rings. The van der Waals surface area contributed by atoms with Gasteiger partial charge >= 0.3 is 0 Å². The molecule has 0 spiro atoms. The first-order valence-electron chi connectivity index (χ1n) is 8.65. The number of anilines is 1. The van der Waals surface area contributed by atoms with Crippen molar-refractivity contribution in [2.24, 2.45) is 5.92 Å². The summed E-state index contributed by atoms with van der Waals surface area (Å²) in [6, 6.07) is 0.445. The minimum absolute atomic E-state index is 0.445. The average molecular weight is 315 g/mol. The Morgan fingerprint density at radius 1 is 1.26 bits per heavy atom. The molecule has 1 unspecified atom stereocenters. The number of piperidine rings is 1. The number of piperazine rings is 1. The summed E-state index contributed by atoms with van der Waals surface area (Å²) >= 11 is 0. The van der Waals surface area contributed by atoms with Gasteiger partial charge in [-0.25, -0.2) is 4.98 Å². The van der Waals surface area contributed by atoms with Crippen molar-refractivity contribution in [2.75, 3.05) is 44.2 Å². The van der Waals surface area contributed by atoms with Crippen molar-refractivity contribution in [3.63, 3.8) is 0 Å². The van der Waals surface area contributed by atoms with Gasteiger partial charge in [0.1, 0.15) is 6.33 Å². The second-order valence-corrected chi connectivity index (χ2v) is 6.81. The fourth-order valence-electron chi connectivity index (χ4n) is 3.89. The van der Waals surface area contributed by atoms with Crippen LogP contribution in [0.15, 0.2) is 18.7 Å². The van der Waals surface area contributed by atoms with Crippen LogP contribution < -0.4 is 10.2 Å². The van der Waals surface area contributed by atoms with E-state index < -0.39 is 0 Å². The molecule has 0 aromatic carbocycles. The lowest BCUT2D eigenvalue weighted by Gasteiger charge is -2.42. The van der Waals surface area contributed by atoms with Gasteiger partial charge in [-0.3, -0.25) is 9.30 Å². The molecule has 0 radical (unpaired) electrons. The first-order valence-corrected chi connectivity index (χ1v) is 8.65. The normalized spacial score (nSPS) is 24.4. The molecule has 0 amide bonds. The number of rotatable bonds is 3. The van der Waals surface area contributed by atoms with Gasteiger partial charge in [-0.1, -0.05) is 0 Å². The lowest BCUT2D eigenvalue weighted by molar-refractivity contribution is 0.178. The molecule has 0 saturated carbocycles. The third kappa shape index (κ3) is 3.03. The van der Waals surface area contributed by atoms with Crippen molar-refractivity contribution in [3.8, 4) is 0 Å². The monoisotopic (exact) mass is 315 g/mol. The Balaban J connectivity index is 1.44. The summed E-state index contributed by atoms with van der Waals surface area (Å²) < 4.78 is 1.94. The number of nitrogens with zero attached hydrogens (tertiary/aromatic N) is 6. The highest BCUT2D eigenvalue weighted by Crippen LogP contribution is 2.23. The summed E-state index contributed by atoms with van der Waals surface area (Å²) in [7, 11) is 0.